The lowest BCUT2D eigenvalue weighted by Crippen LogP contribution is -2.45. The molecule has 2 N–H and O–H groups in total. The SMILES string of the molecule is Cn1cnc(CCNC(=O)N2CCC(C(=O)O)CC2)n1. The molecule has 8 nitrogen and oxygen atoms in total. The Hall–Kier alpha value is -2.12. The number of hydrogen-bond acceptors (Lipinski definition) is 4. The summed E-state index contributed by atoms with van der Waals surface area (Å²) in [5, 5.41) is 15.8. The Kier molecular flexibility index (Phi) is 4.54. The fraction of sp³-hybridized carbons (Fsp3) is 0.667. The smallest absolute Gasteiger partial charge is 0.317 e. The lowest BCUT2D eigenvalue weighted by Gasteiger charge is -2.30. The molecule has 20 heavy (non-hydrogen) atoms. The summed E-state index contributed by atoms with van der Waals surface area (Å²) in [5.74, 6) is -0.402. The molecule has 1 aliphatic rings. The number of aromatic nitrogens is 3. The number of carboxylic acid groups (broad SMARTS) is 1. The third-order valence-corrected chi connectivity index (χ3v) is 3.40. The van der Waals surface area contributed by atoms with Crippen LogP contribution in [0.3, 0.4) is 0 Å². The van der Waals surface area contributed by atoms with Gasteiger partial charge in [-0.15, -0.1) is 0 Å². The second-order valence-electron chi connectivity index (χ2n) is 4.92. The number of amides is 2. The number of carbonyl (C=O) groups is 2. The molecule has 1 aromatic heterocycles. The summed E-state index contributed by atoms with van der Waals surface area (Å²) in [6.45, 7) is 1.46. The lowest BCUT2D eigenvalue weighted by molar-refractivity contribution is -0.143. The van der Waals surface area contributed by atoms with Gasteiger partial charge >= 0.3 is 12.0 Å². The third-order valence-electron chi connectivity index (χ3n) is 3.40. The molecular formula is C12H19N5O3. The summed E-state index contributed by atoms with van der Waals surface area (Å²) < 4.78 is 1.62. The molecule has 2 rings (SSSR count). The van der Waals surface area contributed by atoms with Crippen LogP contribution in [-0.2, 0) is 18.3 Å². The molecule has 0 unspecified atom stereocenters. The molecule has 1 saturated heterocycles. The quantitative estimate of drug-likeness (QED) is 0.800. The average Bonchev–Trinajstić information content (AvgIpc) is 2.84. The summed E-state index contributed by atoms with van der Waals surface area (Å²) in [6.07, 6.45) is 3.24. The van der Waals surface area contributed by atoms with Crippen molar-refractivity contribution < 1.29 is 14.7 Å². The standard InChI is InChI=1S/C12H19N5O3/c1-16-8-14-10(15-16)2-5-13-12(20)17-6-3-9(4-7-17)11(18)19/h8-9H,2-7H2,1H3,(H,13,20)(H,18,19). The number of urea groups is 1. The maximum absolute atomic E-state index is 11.9. The van der Waals surface area contributed by atoms with Crippen molar-refractivity contribution in [2.75, 3.05) is 19.6 Å². The van der Waals surface area contributed by atoms with E-state index in [-0.39, 0.29) is 11.9 Å². The molecule has 0 bridgehead atoms. The van der Waals surface area contributed by atoms with E-state index < -0.39 is 5.97 Å². The Morgan fingerprint density at radius 1 is 1.45 bits per heavy atom. The Morgan fingerprint density at radius 2 is 2.15 bits per heavy atom. The minimum atomic E-state index is -0.772. The highest BCUT2D eigenvalue weighted by Gasteiger charge is 2.26. The van der Waals surface area contributed by atoms with E-state index in [0.717, 1.165) is 0 Å². The Morgan fingerprint density at radius 3 is 2.70 bits per heavy atom. The van der Waals surface area contributed by atoms with E-state index >= 15 is 0 Å². The maximum Gasteiger partial charge on any atom is 0.317 e. The van der Waals surface area contributed by atoms with Gasteiger partial charge in [0.25, 0.3) is 0 Å². The van der Waals surface area contributed by atoms with E-state index in [2.05, 4.69) is 15.4 Å². The Balaban J connectivity index is 1.69. The minimum Gasteiger partial charge on any atom is -0.481 e. The monoisotopic (exact) mass is 281 g/mol. The van der Waals surface area contributed by atoms with Crippen molar-refractivity contribution in [2.45, 2.75) is 19.3 Å². The molecule has 2 amide bonds. The molecule has 2 heterocycles. The number of carboxylic acids is 1. The van der Waals surface area contributed by atoms with Gasteiger partial charge < -0.3 is 15.3 Å². The maximum atomic E-state index is 11.9. The van der Waals surface area contributed by atoms with Crippen LogP contribution in [-0.4, -0.2) is 56.4 Å². The molecule has 0 radical (unpaired) electrons. The normalized spacial score (nSPS) is 16.1. The van der Waals surface area contributed by atoms with Gasteiger partial charge in [0.1, 0.15) is 6.33 Å². The first-order valence-corrected chi connectivity index (χ1v) is 6.66. The number of piperidine rings is 1. The number of nitrogens with zero attached hydrogens (tertiary/aromatic N) is 4. The number of carbonyl (C=O) groups excluding carboxylic acids is 1. The van der Waals surface area contributed by atoms with Gasteiger partial charge in [0.15, 0.2) is 5.82 Å². The van der Waals surface area contributed by atoms with Crippen LogP contribution >= 0.6 is 0 Å². The van der Waals surface area contributed by atoms with E-state index in [9.17, 15) is 9.59 Å². The molecule has 0 aliphatic carbocycles. The van der Waals surface area contributed by atoms with Crippen LogP contribution < -0.4 is 5.32 Å². The van der Waals surface area contributed by atoms with Gasteiger partial charge in [-0.05, 0) is 12.8 Å². The van der Waals surface area contributed by atoms with Crippen molar-refractivity contribution in [1.29, 1.82) is 0 Å². The number of likely N-dealkylation sites (tertiary alicyclic amines) is 1. The number of aryl methyl sites for hydroxylation is 1. The van der Waals surface area contributed by atoms with Crippen LogP contribution in [0.2, 0.25) is 0 Å². The molecule has 0 atom stereocenters. The highest BCUT2D eigenvalue weighted by molar-refractivity contribution is 5.75. The van der Waals surface area contributed by atoms with Crippen molar-refractivity contribution in [3.05, 3.63) is 12.2 Å². The first-order valence-electron chi connectivity index (χ1n) is 6.66. The summed E-state index contributed by atoms with van der Waals surface area (Å²) in [4.78, 5) is 28.5. The minimum absolute atomic E-state index is 0.148. The van der Waals surface area contributed by atoms with E-state index in [0.29, 0.717) is 44.7 Å². The number of aliphatic carboxylic acids is 1. The van der Waals surface area contributed by atoms with Crippen LogP contribution in [0.15, 0.2) is 6.33 Å². The zero-order chi connectivity index (χ0) is 14.5. The molecule has 0 spiro atoms. The summed E-state index contributed by atoms with van der Waals surface area (Å²) >= 11 is 0. The summed E-state index contributed by atoms with van der Waals surface area (Å²) in [5.41, 5.74) is 0. The van der Waals surface area contributed by atoms with Crippen molar-refractivity contribution in [2.24, 2.45) is 13.0 Å². The van der Waals surface area contributed by atoms with Crippen molar-refractivity contribution >= 4 is 12.0 Å². The fourth-order valence-electron chi connectivity index (χ4n) is 2.22. The second kappa shape index (κ2) is 6.36. The van der Waals surface area contributed by atoms with Gasteiger partial charge in [-0.25, -0.2) is 9.78 Å². The van der Waals surface area contributed by atoms with Gasteiger partial charge in [-0.1, -0.05) is 0 Å². The molecule has 8 heteroatoms. The predicted molar refractivity (Wildman–Crippen MR) is 70.0 cm³/mol. The number of nitrogens with one attached hydrogen (secondary N) is 1. The van der Waals surface area contributed by atoms with Crippen LogP contribution in [0, 0.1) is 5.92 Å². The van der Waals surface area contributed by atoms with Crippen LogP contribution in [0.1, 0.15) is 18.7 Å². The fourth-order valence-corrected chi connectivity index (χ4v) is 2.22. The highest BCUT2D eigenvalue weighted by atomic mass is 16.4. The first kappa shape index (κ1) is 14.3. The lowest BCUT2D eigenvalue weighted by atomic mass is 9.97. The molecule has 1 fully saturated rings. The van der Waals surface area contributed by atoms with Gasteiger partial charge in [0.2, 0.25) is 0 Å². The Labute approximate surface area is 116 Å². The van der Waals surface area contributed by atoms with Crippen molar-refractivity contribution in [3.8, 4) is 0 Å². The van der Waals surface area contributed by atoms with Crippen molar-refractivity contribution in [3.63, 3.8) is 0 Å². The highest BCUT2D eigenvalue weighted by Crippen LogP contribution is 2.17. The molecule has 110 valence electrons. The van der Waals surface area contributed by atoms with E-state index in [1.165, 1.54) is 0 Å². The Bertz CT molecular complexity index is 479. The number of hydrogen-bond donors (Lipinski definition) is 2. The zero-order valence-electron chi connectivity index (χ0n) is 11.4. The van der Waals surface area contributed by atoms with E-state index in [4.69, 9.17) is 5.11 Å². The summed E-state index contributed by atoms with van der Waals surface area (Å²) in [7, 11) is 1.79. The average molecular weight is 281 g/mol. The molecule has 0 saturated carbocycles. The zero-order valence-corrected chi connectivity index (χ0v) is 11.4. The van der Waals surface area contributed by atoms with Crippen LogP contribution in [0.25, 0.3) is 0 Å². The van der Waals surface area contributed by atoms with Gasteiger partial charge in [0, 0.05) is 33.1 Å². The van der Waals surface area contributed by atoms with Crippen LogP contribution in [0.4, 0.5) is 4.79 Å². The summed E-state index contributed by atoms with van der Waals surface area (Å²) in [6, 6.07) is -0.148. The van der Waals surface area contributed by atoms with Gasteiger partial charge in [0.05, 0.1) is 5.92 Å². The molecule has 1 aromatic rings. The largest absolute Gasteiger partial charge is 0.481 e. The predicted octanol–water partition coefficient (Wildman–Crippen LogP) is -0.136. The topological polar surface area (TPSA) is 100 Å². The van der Waals surface area contributed by atoms with Crippen molar-refractivity contribution in [1.82, 2.24) is 25.0 Å². The van der Waals surface area contributed by atoms with Crippen LogP contribution in [0.5, 0.6) is 0 Å². The first-order chi connectivity index (χ1) is 9.56. The van der Waals surface area contributed by atoms with E-state index in [1.54, 1.807) is 23.0 Å². The van der Waals surface area contributed by atoms with E-state index in [1.807, 2.05) is 0 Å². The van der Waals surface area contributed by atoms with Gasteiger partial charge in [-0.2, -0.15) is 5.10 Å². The molecular weight excluding hydrogens is 262 g/mol. The second-order valence-corrected chi connectivity index (χ2v) is 4.92. The van der Waals surface area contributed by atoms with Gasteiger partial charge in [-0.3, -0.25) is 9.48 Å². The number of rotatable bonds is 4. The molecule has 0 aromatic carbocycles. The molecule has 1 aliphatic heterocycles. The third kappa shape index (κ3) is 3.69.